The van der Waals surface area contributed by atoms with Crippen LogP contribution in [0.15, 0.2) is 34.9 Å². The van der Waals surface area contributed by atoms with Gasteiger partial charge in [0.2, 0.25) is 5.95 Å². The van der Waals surface area contributed by atoms with Crippen LogP contribution in [0.2, 0.25) is 0 Å². The van der Waals surface area contributed by atoms with Crippen molar-refractivity contribution in [1.82, 2.24) is 14.9 Å². The lowest BCUT2D eigenvalue weighted by Crippen LogP contribution is -2.32. The van der Waals surface area contributed by atoms with E-state index in [0.717, 1.165) is 73.3 Å². The van der Waals surface area contributed by atoms with Crippen LogP contribution in [0.3, 0.4) is 0 Å². The summed E-state index contributed by atoms with van der Waals surface area (Å²) >= 11 is 3.51. The van der Waals surface area contributed by atoms with Crippen molar-refractivity contribution in [2.24, 2.45) is 0 Å². The third-order valence-corrected chi connectivity index (χ3v) is 6.13. The van der Waals surface area contributed by atoms with Crippen LogP contribution >= 0.6 is 15.9 Å². The largest absolute Gasteiger partial charge is 0.393 e. The van der Waals surface area contributed by atoms with Crippen LogP contribution in [0.25, 0.3) is 0 Å². The number of likely N-dealkylation sites (tertiary alicyclic amines) is 1. The molecule has 2 heterocycles. The molecule has 8 nitrogen and oxygen atoms in total. The van der Waals surface area contributed by atoms with Crippen molar-refractivity contribution in [1.29, 1.82) is 0 Å². The van der Waals surface area contributed by atoms with Crippen molar-refractivity contribution < 1.29 is 9.90 Å². The Morgan fingerprint density at radius 3 is 2.63 bits per heavy atom. The number of nitrogens with one attached hydrogen (secondary N) is 3. The summed E-state index contributed by atoms with van der Waals surface area (Å²) in [7, 11) is 0. The summed E-state index contributed by atoms with van der Waals surface area (Å²) in [4.78, 5) is 23.1. The SMILES string of the molecule is O=C(Nc1cccc(Nc2ncc(Br)c(NC3CCC(O)CC3)n2)c1)N1CCCC1. The molecular weight excluding hydrogens is 448 g/mol. The van der Waals surface area contributed by atoms with E-state index in [-0.39, 0.29) is 18.2 Å². The second kappa shape index (κ2) is 9.61. The third kappa shape index (κ3) is 5.40. The Bertz CT molecular complexity index is 882. The number of urea groups is 1. The normalized spacial score (nSPS) is 21.3. The molecule has 1 aromatic carbocycles. The second-order valence-corrected chi connectivity index (χ2v) is 8.72. The maximum Gasteiger partial charge on any atom is 0.321 e. The van der Waals surface area contributed by atoms with Gasteiger partial charge in [0.25, 0.3) is 0 Å². The molecule has 4 rings (SSSR count). The van der Waals surface area contributed by atoms with Crippen molar-refractivity contribution in [2.75, 3.05) is 29.0 Å². The first-order chi connectivity index (χ1) is 14.6. The quantitative estimate of drug-likeness (QED) is 0.514. The minimum atomic E-state index is -0.188. The van der Waals surface area contributed by atoms with Gasteiger partial charge in [-0.3, -0.25) is 0 Å². The van der Waals surface area contributed by atoms with Gasteiger partial charge in [-0.2, -0.15) is 4.98 Å². The lowest BCUT2D eigenvalue weighted by Gasteiger charge is -2.27. The summed E-state index contributed by atoms with van der Waals surface area (Å²) in [5.41, 5.74) is 1.52. The number of aromatic nitrogens is 2. The van der Waals surface area contributed by atoms with Crippen molar-refractivity contribution in [2.45, 2.75) is 50.7 Å². The number of anilines is 4. The van der Waals surface area contributed by atoms with Gasteiger partial charge in [-0.25, -0.2) is 9.78 Å². The number of hydrogen-bond donors (Lipinski definition) is 4. The minimum absolute atomic E-state index is 0.0615. The monoisotopic (exact) mass is 474 g/mol. The van der Waals surface area contributed by atoms with Crippen LogP contribution in [0, 0.1) is 0 Å². The predicted molar refractivity (Wildman–Crippen MR) is 121 cm³/mol. The zero-order chi connectivity index (χ0) is 20.9. The summed E-state index contributed by atoms with van der Waals surface area (Å²) < 4.78 is 0.797. The molecule has 2 aliphatic rings. The lowest BCUT2D eigenvalue weighted by molar-refractivity contribution is 0.126. The van der Waals surface area contributed by atoms with Crippen LogP contribution in [0.5, 0.6) is 0 Å². The Morgan fingerprint density at radius 2 is 1.87 bits per heavy atom. The summed E-state index contributed by atoms with van der Waals surface area (Å²) in [6, 6.07) is 7.76. The van der Waals surface area contributed by atoms with Crippen LogP contribution < -0.4 is 16.0 Å². The van der Waals surface area contributed by atoms with E-state index in [1.165, 1.54) is 0 Å². The molecule has 1 saturated heterocycles. The van der Waals surface area contributed by atoms with Crippen molar-refractivity contribution in [3.05, 3.63) is 34.9 Å². The zero-order valence-electron chi connectivity index (χ0n) is 16.8. The van der Waals surface area contributed by atoms with E-state index in [9.17, 15) is 9.90 Å². The maximum absolute atomic E-state index is 12.3. The summed E-state index contributed by atoms with van der Waals surface area (Å²) in [5.74, 6) is 1.20. The molecule has 0 atom stereocenters. The second-order valence-electron chi connectivity index (χ2n) is 7.87. The topological polar surface area (TPSA) is 102 Å². The van der Waals surface area contributed by atoms with Gasteiger partial charge < -0.3 is 26.0 Å². The van der Waals surface area contributed by atoms with Gasteiger partial charge in [-0.15, -0.1) is 0 Å². The fourth-order valence-corrected chi connectivity index (χ4v) is 4.17. The highest BCUT2D eigenvalue weighted by Crippen LogP contribution is 2.27. The highest BCUT2D eigenvalue weighted by atomic mass is 79.9. The molecule has 0 unspecified atom stereocenters. The molecule has 1 aromatic heterocycles. The fourth-order valence-electron chi connectivity index (χ4n) is 3.87. The van der Waals surface area contributed by atoms with E-state index in [4.69, 9.17) is 0 Å². The van der Waals surface area contributed by atoms with Crippen molar-refractivity contribution in [3.8, 4) is 0 Å². The number of nitrogens with zero attached hydrogens (tertiary/aromatic N) is 3. The van der Waals surface area contributed by atoms with Gasteiger partial charge >= 0.3 is 6.03 Å². The Hall–Kier alpha value is -2.39. The first-order valence-electron chi connectivity index (χ1n) is 10.5. The van der Waals surface area contributed by atoms with Gasteiger partial charge in [0, 0.05) is 36.7 Å². The standard InChI is InChI=1S/C21H27BrN6O2/c22-18-13-23-20(27-19(18)24-14-6-8-17(29)9-7-14)25-15-4-3-5-16(12-15)26-21(30)28-10-1-2-11-28/h3-5,12-14,17,29H,1-2,6-11H2,(H,26,30)(H2,23,24,25,27). The number of amides is 2. The molecule has 9 heteroatoms. The molecule has 30 heavy (non-hydrogen) atoms. The number of aliphatic hydroxyl groups excluding tert-OH is 1. The summed E-state index contributed by atoms with van der Waals surface area (Å²) in [5, 5.41) is 19.3. The number of halogens is 1. The van der Waals surface area contributed by atoms with Crippen molar-refractivity contribution >= 4 is 45.1 Å². The number of hydrogen-bond acceptors (Lipinski definition) is 6. The number of carbonyl (C=O) groups excluding carboxylic acids is 1. The molecule has 160 valence electrons. The minimum Gasteiger partial charge on any atom is -0.393 e. The van der Waals surface area contributed by atoms with E-state index in [1.807, 2.05) is 29.2 Å². The number of benzene rings is 1. The van der Waals surface area contributed by atoms with Gasteiger partial charge in [-0.05, 0) is 72.7 Å². The molecule has 1 aliphatic heterocycles. The smallest absolute Gasteiger partial charge is 0.321 e. The number of aliphatic hydroxyl groups is 1. The molecule has 1 aliphatic carbocycles. The molecule has 2 aromatic rings. The molecule has 0 radical (unpaired) electrons. The van der Waals surface area contributed by atoms with Crippen LogP contribution in [0.4, 0.5) is 27.9 Å². The highest BCUT2D eigenvalue weighted by molar-refractivity contribution is 9.10. The average Bonchev–Trinajstić information content (AvgIpc) is 3.28. The average molecular weight is 475 g/mol. The molecule has 2 amide bonds. The Labute approximate surface area is 184 Å². The van der Waals surface area contributed by atoms with Crippen molar-refractivity contribution in [3.63, 3.8) is 0 Å². The molecular formula is C21H27BrN6O2. The van der Waals surface area contributed by atoms with E-state index in [0.29, 0.717) is 5.95 Å². The van der Waals surface area contributed by atoms with Gasteiger partial charge in [0.15, 0.2) is 0 Å². The van der Waals surface area contributed by atoms with E-state index < -0.39 is 0 Å². The molecule has 2 fully saturated rings. The van der Waals surface area contributed by atoms with Crippen LogP contribution in [-0.4, -0.2) is 51.2 Å². The maximum atomic E-state index is 12.3. The van der Waals surface area contributed by atoms with Crippen LogP contribution in [0.1, 0.15) is 38.5 Å². The van der Waals surface area contributed by atoms with E-state index >= 15 is 0 Å². The fraction of sp³-hybridized carbons (Fsp3) is 0.476. The molecule has 0 bridgehead atoms. The van der Waals surface area contributed by atoms with Crippen LogP contribution in [-0.2, 0) is 0 Å². The lowest BCUT2D eigenvalue weighted by atomic mass is 9.93. The predicted octanol–water partition coefficient (Wildman–Crippen LogP) is 4.33. The number of rotatable bonds is 5. The van der Waals surface area contributed by atoms with E-state index in [1.54, 1.807) is 6.20 Å². The van der Waals surface area contributed by atoms with Gasteiger partial charge in [0.05, 0.1) is 10.6 Å². The molecule has 4 N–H and O–H groups in total. The highest BCUT2D eigenvalue weighted by Gasteiger charge is 2.21. The first kappa shape index (κ1) is 20.9. The zero-order valence-corrected chi connectivity index (χ0v) is 18.4. The summed E-state index contributed by atoms with van der Waals surface area (Å²) in [6.07, 6.45) is 7.10. The summed E-state index contributed by atoms with van der Waals surface area (Å²) in [6.45, 7) is 1.62. The molecule has 0 spiro atoms. The Kier molecular flexibility index (Phi) is 6.69. The Morgan fingerprint density at radius 1 is 1.13 bits per heavy atom. The third-order valence-electron chi connectivity index (χ3n) is 5.54. The Balaban J connectivity index is 1.40. The molecule has 1 saturated carbocycles. The number of carbonyl (C=O) groups is 1. The van der Waals surface area contributed by atoms with E-state index in [2.05, 4.69) is 41.8 Å². The van der Waals surface area contributed by atoms with Gasteiger partial charge in [-0.1, -0.05) is 6.07 Å². The van der Waals surface area contributed by atoms with Gasteiger partial charge in [0.1, 0.15) is 5.82 Å². The first-order valence-corrected chi connectivity index (χ1v) is 11.3.